The lowest BCUT2D eigenvalue weighted by molar-refractivity contribution is 0.285. The number of nitrogens with one attached hydrogen (secondary N) is 1. The van der Waals surface area contributed by atoms with Crippen LogP contribution in [0.5, 0.6) is 0 Å². The first-order valence-electron chi connectivity index (χ1n) is 5.20. The summed E-state index contributed by atoms with van der Waals surface area (Å²) in [5.74, 6) is 0. The summed E-state index contributed by atoms with van der Waals surface area (Å²) in [5, 5.41) is 9.56. The summed E-state index contributed by atoms with van der Waals surface area (Å²) < 4.78 is 28.1. The maximum Gasteiger partial charge on any atom is 0.263 e. The second-order valence-corrected chi connectivity index (χ2v) is 9.13. The van der Waals surface area contributed by atoms with Crippen molar-refractivity contribution in [3.8, 4) is 0 Å². The first kappa shape index (κ1) is 16.3. The first-order valence-corrected chi connectivity index (χ1v) is 9.47. The second-order valence-electron chi connectivity index (χ2n) is 3.74. The van der Waals surface area contributed by atoms with Gasteiger partial charge < -0.3 is 5.11 Å². The number of rotatable bonds is 4. The van der Waals surface area contributed by atoms with Crippen molar-refractivity contribution in [1.29, 1.82) is 0 Å². The molecular weight excluding hydrogens is 454 g/mol. The zero-order chi connectivity index (χ0) is 14.9. The molecule has 0 saturated heterocycles. The Morgan fingerprint density at radius 1 is 1.30 bits per heavy atom. The summed E-state index contributed by atoms with van der Waals surface area (Å²) in [6.45, 7) is -0.205. The van der Waals surface area contributed by atoms with Crippen molar-refractivity contribution < 1.29 is 13.5 Å². The lowest BCUT2D eigenvalue weighted by atomic mass is 10.3. The summed E-state index contributed by atoms with van der Waals surface area (Å²) in [6, 6.07) is 6.19. The highest BCUT2D eigenvalue weighted by molar-refractivity contribution is 9.11. The van der Waals surface area contributed by atoms with Crippen molar-refractivity contribution in [2.45, 2.75) is 11.5 Å². The maximum atomic E-state index is 12.3. The molecule has 0 atom stereocenters. The van der Waals surface area contributed by atoms with Crippen LogP contribution in [0.2, 0.25) is 5.02 Å². The van der Waals surface area contributed by atoms with Gasteiger partial charge in [-0.1, -0.05) is 11.6 Å². The van der Waals surface area contributed by atoms with Gasteiger partial charge in [-0.3, -0.25) is 4.72 Å². The van der Waals surface area contributed by atoms with E-state index in [-0.39, 0.29) is 11.5 Å². The van der Waals surface area contributed by atoms with Gasteiger partial charge in [0.1, 0.15) is 4.90 Å². The van der Waals surface area contributed by atoms with E-state index in [1.807, 2.05) is 0 Å². The molecule has 2 aromatic rings. The van der Waals surface area contributed by atoms with Gasteiger partial charge in [0, 0.05) is 14.4 Å². The summed E-state index contributed by atoms with van der Waals surface area (Å²) in [5.41, 5.74) is 0.387. The van der Waals surface area contributed by atoms with Crippen LogP contribution in [0.15, 0.2) is 37.4 Å². The number of hydrogen-bond acceptors (Lipinski definition) is 4. The summed E-state index contributed by atoms with van der Waals surface area (Å²) in [4.78, 5) is 0.654. The van der Waals surface area contributed by atoms with E-state index in [1.165, 1.54) is 17.4 Å². The van der Waals surface area contributed by atoms with Gasteiger partial charge in [-0.25, -0.2) is 8.42 Å². The smallest absolute Gasteiger partial charge is 0.263 e. The topological polar surface area (TPSA) is 66.4 Å². The van der Waals surface area contributed by atoms with Crippen molar-refractivity contribution in [3.05, 3.63) is 42.4 Å². The van der Waals surface area contributed by atoms with Crippen molar-refractivity contribution in [2.24, 2.45) is 0 Å². The van der Waals surface area contributed by atoms with Crippen LogP contribution in [0.4, 0.5) is 5.69 Å². The van der Waals surface area contributed by atoms with Crippen molar-refractivity contribution in [3.63, 3.8) is 0 Å². The molecule has 0 aliphatic heterocycles. The minimum absolute atomic E-state index is 0.0911. The van der Waals surface area contributed by atoms with Crippen LogP contribution in [-0.2, 0) is 16.6 Å². The van der Waals surface area contributed by atoms with Gasteiger partial charge >= 0.3 is 0 Å². The van der Waals surface area contributed by atoms with Crippen LogP contribution >= 0.6 is 54.8 Å². The average Bonchev–Trinajstić information content (AvgIpc) is 2.75. The highest BCUT2D eigenvalue weighted by Crippen LogP contribution is 2.34. The number of thiophene rings is 1. The third-order valence-corrected chi connectivity index (χ3v) is 6.82. The molecule has 108 valence electrons. The third kappa shape index (κ3) is 3.55. The molecule has 0 aliphatic rings. The number of hydrogen-bond donors (Lipinski definition) is 2. The molecular formula is C11H8Br2ClNO3S2. The molecule has 0 spiro atoms. The zero-order valence-electron chi connectivity index (χ0n) is 9.73. The van der Waals surface area contributed by atoms with Gasteiger partial charge in [-0.2, -0.15) is 0 Å². The number of sulfonamides is 1. The molecule has 0 fully saturated rings. The van der Waals surface area contributed by atoms with Gasteiger partial charge in [0.15, 0.2) is 0 Å². The monoisotopic (exact) mass is 459 g/mol. The Morgan fingerprint density at radius 3 is 2.55 bits per heavy atom. The number of anilines is 1. The largest absolute Gasteiger partial charge is 0.391 e. The summed E-state index contributed by atoms with van der Waals surface area (Å²) in [6.07, 6.45) is 0. The van der Waals surface area contributed by atoms with Crippen LogP contribution < -0.4 is 4.72 Å². The molecule has 0 amide bonds. The van der Waals surface area contributed by atoms with Crippen molar-refractivity contribution >= 4 is 70.5 Å². The first-order chi connectivity index (χ1) is 9.33. The molecule has 4 nitrogen and oxygen atoms in total. The van der Waals surface area contributed by atoms with E-state index in [0.29, 0.717) is 23.8 Å². The number of halogens is 3. The fourth-order valence-corrected chi connectivity index (χ4v) is 5.97. The van der Waals surface area contributed by atoms with E-state index in [1.54, 1.807) is 18.2 Å². The van der Waals surface area contributed by atoms with Crippen LogP contribution in [-0.4, -0.2) is 13.5 Å². The summed E-state index contributed by atoms with van der Waals surface area (Å²) >= 11 is 13.4. The van der Waals surface area contributed by atoms with E-state index in [2.05, 4.69) is 36.6 Å². The Labute approximate surface area is 142 Å². The summed E-state index contributed by atoms with van der Waals surface area (Å²) in [7, 11) is -3.74. The molecule has 0 saturated carbocycles. The van der Waals surface area contributed by atoms with Crippen LogP contribution in [0.1, 0.15) is 4.88 Å². The van der Waals surface area contributed by atoms with Crippen LogP contribution in [0, 0.1) is 0 Å². The Balaban J connectivity index is 2.38. The number of benzene rings is 1. The van der Waals surface area contributed by atoms with Crippen LogP contribution in [0.3, 0.4) is 0 Å². The van der Waals surface area contributed by atoms with Crippen molar-refractivity contribution in [1.82, 2.24) is 0 Å². The second kappa shape index (κ2) is 6.33. The van der Waals surface area contributed by atoms with E-state index in [4.69, 9.17) is 16.7 Å². The molecule has 9 heteroatoms. The highest BCUT2D eigenvalue weighted by atomic mass is 79.9. The normalized spacial score (nSPS) is 11.6. The fraction of sp³-hybridized carbons (Fsp3) is 0.0909. The zero-order valence-corrected chi connectivity index (χ0v) is 15.3. The molecule has 2 N–H and O–H groups in total. The molecule has 20 heavy (non-hydrogen) atoms. The number of aliphatic hydroxyl groups is 1. The van der Waals surface area contributed by atoms with Gasteiger partial charge in [0.05, 0.1) is 16.1 Å². The maximum absolute atomic E-state index is 12.3. The third-order valence-electron chi connectivity index (χ3n) is 2.33. The lowest BCUT2D eigenvalue weighted by Crippen LogP contribution is -2.13. The predicted molar refractivity (Wildman–Crippen MR) is 87.9 cm³/mol. The molecule has 0 aliphatic carbocycles. The van der Waals surface area contributed by atoms with Crippen molar-refractivity contribution in [2.75, 3.05) is 4.72 Å². The lowest BCUT2D eigenvalue weighted by Gasteiger charge is -2.09. The molecule has 0 unspecified atom stereocenters. The quantitative estimate of drug-likeness (QED) is 0.717. The standard InChI is InChI=1S/C11H8Br2ClNO3S2/c12-8-3-6(14)1-2-9(8)15-20(17,18)10-4-7(5-16)19-11(10)13/h1-4,15-16H,5H2. The van der Waals surface area contributed by atoms with E-state index in [0.717, 1.165) is 0 Å². The van der Waals surface area contributed by atoms with Gasteiger partial charge in [0.2, 0.25) is 0 Å². The van der Waals surface area contributed by atoms with E-state index < -0.39 is 10.0 Å². The van der Waals surface area contributed by atoms with E-state index >= 15 is 0 Å². The molecule has 0 bridgehead atoms. The minimum atomic E-state index is -3.74. The molecule has 0 radical (unpaired) electrons. The highest BCUT2D eigenvalue weighted by Gasteiger charge is 2.21. The SMILES string of the molecule is O=S(=O)(Nc1ccc(Cl)cc1Br)c1cc(CO)sc1Br. The van der Waals surface area contributed by atoms with E-state index in [9.17, 15) is 8.42 Å². The fourth-order valence-electron chi connectivity index (χ4n) is 1.43. The number of aliphatic hydroxyl groups excluding tert-OH is 1. The predicted octanol–water partition coefficient (Wildman–Crippen LogP) is 4.22. The Hall–Kier alpha value is -0.120. The van der Waals surface area contributed by atoms with Gasteiger partial charge in [0.25, 0.3) is 10.0 Å². The molecule has 2 rings (SSSR count). The minimum Gasteiger partial charge on any atom is -0.391 e. The average molecular weight is 462 g/mol. The van der Waals surface area contributed by atoms with Crippen LogP contribution in [0.25, 0.3) is 0 Å². The van der Waals surface area contributed by atoms with Gasteiger partial charge in [-0.05, 0) is 56.1 Å². The molecule has 1 aromatic carbocycles. The Bertz CT molecular complexity index is 746. The molecule has 1 heterocycles. The Kier molecular flexibility index (Phi) is 5.14. The van der Waals surface area contributed by atoms with Gasteiger partial charge in [-0.15, -0.1) is 11.3 Å². The molecule has 1 aromatic heterocycles. The Morgan fingerprint density at radius 2 is 2.00 bits per heavy atom.